The number of anilines is 1. The first-order chi connectivity index (χ1) is 14.0. The lowest BCUT2D eigenvalue weighted by Crippen LogP contribution is -2.29. The maximum Gasteiger partial charge on any atom is 0.267 e. The van der Waals surface area contributed by atoms with Gasteiger partial charge in [-0.2, -0.15) is 5.10 Å². The van der Waals surface area contributed by atoms with Crippen LogP contribution in [0.1, 0.15) is 20.7 Å². The molecule has 1 aromatic carbocycles. The van der Waals surface area contributed by atoms with E-state index in [1.165, 1.54) is 12.3 Å². The number of pyridine rings is 2. The Morgan fingerprint density at radius 2 is 1.86 bits per heavy atom. The molecule has 4 aromatic rings. The molecule has 4 heterocycles. The lowest BCUT2D eigenvalue weighted by molar-refractivity contribution is 0.0926. The maximum absolute atomic E-state index is 13.4. The molecule has 3 aromatic heterocycles. The number of aryl methyl sites for hydroxylation is 1. The van der Waals surface area contributed by atoms with Crippen LogP contribution in [0.25, 0.3) is 22.3 Å². The predicted molar refractivity (Wildman–Crippen MR) is 109 cm³/mol. The topological polar surface area (TPSA) is 81.0 Å². The number of rotatable bonds is 2. The molecule has 0 radical (unpaired) electrons. The molecule has 142 valence electrons. The summed E-state index contributed by atoms with van der Waals surface area (Å²) in [5.74, 6) is -0.982. The van der Waals surface area contributed by atoms with Crippen LogP contribution in [0.15, 0.2) is 48.9 Å². The Morgan fingerprint density at radius 3 is 2.59 bits per heavy atom. The van der Waals surface area contributed by atoms with Crippen molar-refractivity contribution < 1.29 is 9.59 Å². The van der Waals surface area contributed by atoms with Crippen molar-refractivity contribution in [3.8, 4) is 11.3 Å². The van der Waals surface area contributed by atoms with Crippen molar-refractivity contribution in [3.63, 3.8) is 0 Å². The van der Waals surface area contributed by atoms with Crippen LogP contribution in [0.5, 0.6) is 0 Å². The number of amides is 2. The van der Waals surface area contributed by atoms with Gasteiger partial charge in [0.15, 0.2) is 5.65 Å². The lowest BCUT2D eigenvalue weighted by atomic mass is 10.0. The van der Waals surface area contributed by atoms with Crippen molar-refractivity contribution in [2.45, 2.75) is 0 Å². The van der Waals surface area contributed by atoms with E-state index in [-0.39, 0.29) is 21.8 Å². The number of hydrogen-bond donors (Lipinski definition) is 0. The highest BCUT2D eigenvalue weighted by atomic mass is 35.5. The van der Waals surface area contributed by atoms with E-state index in [2.05, 4.69) is 15.1 Å². The summed E-state index contributed by atoms with van der Waals surface area (Å²) in [6, 6.07) is 8.22. The van der Waals surface area contributed by atoms with E-state index in [1.54, 1.807) is 42.3 Å². The molecule has 0 saturated heterocycles. The Bertz CT molecular complexity index is 1330. The molecule has 0 atom stereocenters. The average molecular weight is 424 g/mol. The van der Waals surface area contributed by atoms with Crippen molar-refractivity contribution in [1.29, 1.82) is 0 Å². The van der Waals surface area contributed by atoms with Gasteiger partial charge in [-0.25, -0.2) is 14.6 Å². The Kier molecular flexibility index (Phi) is 3.90. The van der Waals surface area contributed by atoms with Gasteiger partial charge in [-0.3, -0.25) is 14.6 Å². The molecule has 0 N–H and O–H groups in total. The lowest BCUT2D eigenvalue weighted by Gasteiger charge is -2.15. The van der Waals surface area contributed by atoms with Gasteiger partial charge in [0.1, 0.15) is 5.69 Å². The second-order valence-electron chi connectivity index (χ2n) is 6.50. The largest absolute Gasteiger partial charge is 0.268 e. The molecule has 29 heavy (non-hydrogen) atoms. The van der Waals surface area contributed by atoms with Crippen molar-refractivity contribution in [3.05, 3.63) is 70.1 Å². The van der Waals surface area contributed by atoms with E-state index >= 15 is 0 Å². The molecule has 5 rings (SSSR count). The number of carbonyl (C=O) groups is 2. The number of fused-ring (bicyclic) bond motifs is 3. The summed E-state index contributed by atoms with van der Waals surface area (Å²) in [7, 11) is 1.73. The Morgan fingerprint density at radius 1 is 1.03 bits per heavy atom. The molecule has 0 unspecified atom stereocenters. The quantitative estimate of drug-likeness (QED) is 0.452. The second-order valence-corrected chi connectivity index (χ2v) is 7.34. The summed E-state index contributed by atoms with van der Waals surface area (Å²) < 4.78 is 1.58. The highest BCUT2D eigenvalue weighted by Crippen LogP contribution is 2.39. The van der Waals surface area contributed by atoms with Crippen LogP contribution in [0, 0.1) is 0 Å². The predicted octanol–water partition coefficient (Wildman–Crippen LogP) is 4.14. The zero-order chi connectivity index (χ0) is 20.3. The van der Waals surface area contributed by atoms with Crippen LogP contribution in [0.2, 0.25) is 10.0 Å². The van der Waals surface area contributed by atoms with Crippen LogP contribution in [0.3, 0.4) is 0 Å². The second kappa shape index (κ2) is 6.37. The van der Waals surface area contributed by atoms with E-state index < -0.39 is 11.8 Å². The third-order valence-electron chi connectivity index (χ3n) is 4.79. The van der Waals surface area contributed by atoms with E-state index in [1.807, 2.05) is 6.07 Å². The van der Waals surface area contributed by atoms with Gasteiger partial charge in [0.25, 0.3) is 11.8 Å². The van der Waals surface area contributed by atoms with Gasteiger partial charge in [0, 0.05) is 36.2 Å². The number of imide groups is 1. The molecular formula is C20H11Cl2N5O2. The third-order valence-corrected chi connectivity index (χ3v) is 5.33. The van der Waals surface area contributed by atoms with Crippen LogP contribution in [-0.4, -0.2) is 31.6 Å². The van der Waals surface area contributed by atoms with Crippen molar-refractivity contribution >= 4 is 51.7 Å². The number of aromatic nitrogens is 4. The van der Waals surface area contributed by atoms with Crippen LogP contribution in [-0.2, 0) is 7.05 Å². The molecule has 2 amide bonds. The third kappa shape index (κ3) is 2.55. The standard InChI is InChI=1S/C20H11Cl2N5O2/c1-26-18-16(17(25-26)10-3-2-6-23-8-10)15-12(9-24-18)19(28)27(20(15)29)14-5-4-11(21)7-13(14)22/h2-9H,1H3. The first-order valence-electron chi connectivity index (χ1n) is 8.57. The Balaban J connectivity index is 1.77. The molecule has 0 fully saturated rings. The molecule has 1 aliphatic rings. The molecular weight excluding hydrogens is 413 g/mol. The van der Waals surface area contributed by atoms with E-state index in [0.29, 0.717) is 21.7 Å². The van der Waals surface area contributed by atoms with Crippen molar-refractivity contribution in [1.82, 2.24) is 19.7 Å². The van der Waals surface area contributed by atoms with Gasteiger partial charge in [-0.1, -0.05) is 23.2 Å². The van der Waals surface area contributed by atoms with E-state index in [9.17, 15) is 9.59 Å². The zero-order valence-corrected chi connectivity index (χ0v) is 16.4. The molecule has 0 aliphatic carbocycles. The highest BCUT2D eigenvalue weighted by molar-refractivity contribution is 6.42. The fourth-order valence-electron chi connectivity index (χ4n) is 3.51. The molecule has 7 nitrogen and oxygen atoms in total. The van der Waals surface area contributed by atoms with E-state index in [0.717, 1.165) is 10.5 Å². The van der Waals surface area contributed by atoms with Gasteiger partial charge in [-0.15, -0.1) is 0 Å². The van der Waals surface area contributed by atoms with Crippen molar-refractivity contribution in [2.24, 2.45) is 7.05 Å². The fraction of sp³-hybridized carbons (Fsp3) is 0.0500. The molecule has 0 saturated carbocycles. The monoisotopic (exact) mass is 423 g/mol. The average Bonchev–Trinajstić information content (AvgIpc) is 3.18. The summed E-state index contributed by atoms with van der Waals surface area (Å²) in [4.78, 5) is 36.0. The molecule has 0 bridgehead atoms. The highest BCUT2D eigenvalue weighted by Gasteiger charge is 2.41. The molecule has 0 spiro atoms. The van der Waals surface area contributed by atoms with Gasteiger partial charge in [-0.05, 0) is 30.3 Å². The number of hydrogen-bond acceptors (Lipinski definition) is 5. The summed E-state index contributed by atoms with van der Waals surface area (Å²) in [6.07, 6.45) is 4.70. The zero-order valence-electron chi connectivity index (χ0n) is 14.9. The minimum Gasteiger partial charge on any atom is -0.268 e. The van der Waals surface area contributed by atoms with Gasteiger partial charge in [0.05, 0.1) is 27.2 Å². The SMILES string of the molecule is Cn1nc(-c2cccnc2)c2c3c(cnc21)C(=O)N(c1ccc(Cl)cc1Cl)C3=O. The molecule has 1 aliphatic heterocycles. The Labute approximate surface area is 174 Å². The summed E-state index contributed by atoms with van der Waals surface area (Å²) in [6.45, 7) is 0. The summed E-state index contributed by atoms with van der Waals surface area (Å²) in [5, 5.41) is 5.63. The fourth-order valence-corrected chi connectivity index (χ4v) is 4.01. The summed E-state index contributed by atoms with van der Waals surface area (Å²) >= 11 is 12.2. The number of carbonyl (C=O) groups excluding carboxylic acids is 2. The van der Waals surface area contributed by atoms with E-state index in [4.69, 9.17) is 23.2 Å². The van der Waals surface area contributed by atoms with Gasteiger partial charge < -0.3 is 0 Å². The number of nitrogens with zero attached hydrogens (tertiary/aromatic N) is 5. The normalized spacial score (nSPS) is 13.4. The first-order valence-corrected chi connectivity index (χ1v) is 9.33. The smallest absolute Gasteiger partial charge is 0.267 e. The van der Waals surface area contributed by atoms with Crippen molar-refractivity contribution in [2.75, 3.05) is 4.90 Å². The van der Waals surface area contributed by atoms with Crippen LogP contribution < -0.4 is 4.90 Å². The number of halogens is 2. The summed E-state index contributed by atoms with van der Waals surface area (Å²) in [5.41, 5.74) is 2.46. The number of benzene rings is 1. The van der Waals surface area contributed by atoms with Gasteiger partial charge in [0.2, 0.25) is 0 Å². The Hall–Kier alpha value is -3.29. The van der Waals surface area contributed by atoms with Crippen LogP contribution in [0.4, 0.5) is 5.69 Å². The first kappa shape index (κ1) is 17.8. The minimum absolute atomic E-state index is 0.201. The molecule has 9 heteroatoms. The minimum atomic E-state index is -0.496. The van der Waals surface area contributed by atoms with Gasteiger partial charge >= 0.3 is 0 Å². The van der Waals surface area contributed by atoms with Crippen LogP contribution >= 0.6 is 23.2 Å². The maximum atomic E-state index is 13.4.